The molecule has 0 radical (unpaired) electrons. The molecule has 0 aliphatic heterocycles. The molecule has 1 aromatic heterocycles. The molecule has 1 unspecified atom stereocenters. The van der Waals surface area contributed by atoms with E-state index in [4.69, 9.17) is 0 Å². The molecular formula is C21H22N2O3S2. The summed E-state index contributed by atoms with van der Waals surface area (Å²) in [5.41, 5.74) is 0.962. The van der Waals surface area contributed by atoms with Gasteiger partial charge in [0.25, 0.3) is 10.0 Å². The zero-order valence-electron chi connectivity index (χ0n) is 15.5. The highest BCUT2D eigenvalue weighted by atomic mass is 32.2. The molecule has 0 bridgehead atoms. The van der Waals surface area contributed by atoms with Crippen molar-refractivity contribution < 1.29 is 13.2 Å². The first-order chi connectivity index (χ1) is 13.4. The quantitative estimate of drug-likeness (QED) is 0.568. The number of hydrogen-bond donors (Lipinski definition) is 1. The molecule has 2 aromatic carbocycles. The Kier molecular flexibility index (Phi) is 6.28. The molecule has 146 valence electrons. The van der Waals surface area contributed by atoms with Crippen LogP contribution in [0.4, 0.5) is 0 Å². The summed E-state index contributed by atoms with van der Waals surface area (Å²) in [5.74, 6) is -0.359. The van der Waals surface area contributed by atoms with Gasteiger partial charge in [0, 0.05) is 6.54 Å². The maximum atomic E-state index is 12.7. The number of nitrogens with one attached hydrogen (secondary N) is 1. The molecule has 7 heteroatoms. The zero-order valence-corrected chi connectivity index (χ0v) is 17.2. The molecule has 0 spiro atoms. The summed E-state index contributed by atoms with van der Waals surface area (Å²) in [4.78, 5) is 12.5. The first kappa shape index (κ1) is 20.3. The molecule has 3 rings (SSSR count). The van der Waals surface area contributed by atoms with E-state index < -0.39 is 10.0 Å². The van der Waals surface area contributed by atoms with Crippen LogP contribution in [0.15, 0.2) is 76.8 Å². The minimum absolute atomic E-state index is 0.0675. The van der Waals surface area contributed by atoms with Gasteiger partial charge in [-0.05, 0) is 40.8 Å². The Balaban J connectivity index is 1.72. The number of rotatable bonds is 8. The molecule has 1 atom stereocenters. The number of thiophene rings is 1. The van der Waals surface area contributed by atoms with Gasteiger partial charge < -0.3 is 5.32 Å². The predicted molar refractivity (Wildman–Crippen MR) is 114 cm³/mol. The molecule has 1 amide bonds. The zero-order chi connectivity index (χ0) is 20.1. The standard InChI is InChI=1S/C21H22N2O3S2/c1-3-12-23(28(25,26)21-9-6-13-27-21)15-20(24)22-16(2)18-11-10-17-7-4-5-8-19(17)14-18/h3-11,13-14,16H,1,12,15H2,2H3,(H,22,24). The van der Waals surface area contributed by atoms with Gasteiger partial charge in [0.15, 0.2) is 0 Å². The summed E-state index contributed by atoms with van der Waals surface area (Å²) in [7, 11) is -3.72. The van der Waals surface area contributed by atoms with Crippen molar-refractivity contribution in [3.8, 4) is 0 Å². The van der Waals surface area contributed by atoms with Gasteiger partial charge in [0.1, 0.15) is 4.21 Å². The minimum atomic E-state index is -3.72. The molecule has 5 nitrogen and oxygen atoms in total. The van der Waals surface area contributed by atoms with Crippen molar-refractivity contribution >= 4 is 38.0 Å². The predicted octanol–water partition coefficient (Wildman–Crippen LogP) is 3.96. The van der Waals surface area contributed by atoms with Crippen molar-refractivity contribution in [2.45, 2.75) is 17.2 Å². The monoisotopic (exact) mass is 414 g/mol. The average Bonchev–Trinajstić information content (AvgIpc) is 3.23. The van der Waals surface area contributed by atoms with Crippen molar-refractivity contribution in [3.05, 3.63) is 78.2 Å². The van der Waals surface area contributed by atoms with E-state index in [0.29, 0.717) is 0 Å². The van der Waals surface area contributed by atoms with E-state index >= 15 is 0 Å². The van der Waals surface area contributed by atoms with E-state index in [1.165, 1.54) is 12.1 Å². The number of benzene rings is 2. The summed E-state index contributed by atoms with van der Waals surface area (Å²) in [6.07, 6.45) is 1.48. The lowest BCUT2D eigenvalue weighted by atomic mass is 10.0. The van der Waals surface area contributed by atoms with Crippen molar-refractivity contribution in [2.24, 2.45) is 0 Å². The number of fused-ring (bicyclic) bond motifs is 1. The van der Waals surface area contributed by atoms with Crippen molar-refractivity contribution in [2.75, 3.05) is 13.1 Å². The van der Waals surface area contributed by atoms with Gasteiger partial charge in [-0.1, -0.05) is 48.5 Å². The fourth-order valence-corrected chi connectivity index (χ4v) is 5.45. The first-order valence-corrected chi connectivity index (χ1v) is 11.2. The van der Waals surface area contributed by atoms with Crippen LogP contribution in [0.25, 0.3) is 10.8 Å². The Morgan fingerprint density at radius 2 is 1.93 bits per heavy atom. The van der Waals surface area contributed by atoms with Crippen LogP contribution in [0.2, 0.25) is 0 Å². The highest BCUT2D eigenvalue weighted by Crippen LogP contribution is 2.22. The maximum Gasteiger partial charge on any atom is 0.253 e. The van der Waals surface area contributed by atoms with Crippen LogP contribution < -0.4 is 5.32 Å². The third-order valence-electron chi connectivity index (χ3n) is 4.39. The molecule has 0 aliphatic rings. The van der Waals surface area contributed by atoms with Crippen molar-refractivity contribution in [1.29, 1.82) is 0 Å². The second-order valence-electron chi connectivity index (χ2n) is 6.41. The lowest BCUT2D eigenvalue weighted by Gasteiger charge is -2.21. The summed E-state index contributed by atoms with van der Waals surface area (Å²) >= 11 is 1.13. The summed E-state index contributed by atoms with van der Waals surface area (Å²) < 4.78 is 26.8. The third-order valence-corrected chi connectivity index (χ3v) is 7.58. The summed E-state index contributed by atoms with van der Waals surface area (Å²) in [6.45, 7) is 5.30. The molecule has 0 saturated heterocycles. The summed E-state index contributed by atoms with van der Waals surface area (Å²) in [5, 5.41) is 6.81. The van der Waals surface area contributed by atoms with Crippen molar-refractivity contribution in [1.82, 2.24) is 9.62 Å². The number of hydrogen-bond acceptors (Lipinski definition) is 4. The van der Waals surface area contributed by atoms with E-state index in [1.54, 1.807) is 11.4 Å². The van der Waals surface area contributed by atoms with Gasteiger partial charge >= 0.3 is 0 Å². The van der Waals surface area contributed by atoms with E-state index in [9.17, 15) is 13.2 Å². The number of nitrogens with zero attached hydrogens (tertiary/aromatic N) is 1. The van der Waals surface area contributed by atoms with Gasteiger partial charge in [0.05, 0.1) is 12.6 Å². The van der Waals surface area contributed by atoms with Gasteiger partial charge in [-0.15, -0.1) is 17.9 Å². The van der Waals surface area contributed by atoms with Crippen LogP contribution >= 0.6 is 11.3 Å². The van der Waals surface area contributed by atoms with Gasteiger partial charge in [-0.3, -0.25) is 4.79 Å². The molecule has 1 N–H and O–H groups in total. The maximum absolute atomic E-state index is 12.7. The highest BCUT2D eigenvalue weighted by molar-refractivity contribution is 7.91. The van der Waals surface area contributed by atoms with E-state index in [2.05, 4.69) is 11.9 Å². The van der Waals surface area contributed by atoms with Gasteiger partial charge in [0.2, 0.25) is 5.91 Å². The molecule has 0 aliphatic carbocycles. The number of carbonyl (C=O) groups excluding carboxylic acids is 1. The number of carbonyl (C=O) groups is 1. The lowest BCUT2D eigenvalue weighted by Crippen LogP contribution is -2.41. The smallest absolute Gasteiger partial charge is 0.253 e. The fraction of sp³-hybridized carbons (Fsp3) is 0.190. The van der Waals surface area contributed by atoms with Crippen LogP contribution in [0.3, 0.4) is 0 Å². The highest BCUT2D eigenvalue weighted by Gasteiger charge is 2.27. The first-order valence-electron chi connectivity index (χ1n) is 8.84. The Morgan fingerprint density at radius 3 is 2.61 bits per heavy atom. The third kappa shape index (κ3) is 4.49. The molecule has 1 heterocycles. The normalized spacial score (nSPS) is 12.8. The van der Waals surface area contributed by atoms with Crippen LogP contribution in [-0.2, 0) is 14.8 Å². The van der Waals surface area contributed by atoms with Crippen LogP contribution in [-0.4, -0.2) is 31.7 Å². The van der Waals surface area contributed by atoms with Gasteiger partial charge in [-0.25, -0.2) is 8.42 Å². The minimum Gasteiger partial charge on any atom is -0.348 e. The second kappa shape index (κ2) is 8.68. The van der Waals surface area contributed by atoms with Crippen LogP contribution in [0.5, 0.6) is 0 Å². The van der Waals surface area contributed by atoms with Crippen LogP contribution in [0, 0.1) is 0 Å². The molecule has 28 heavy (non-hydrogen) atoms. The second-order valence-corrected chi connectivity index (χ2v) is 9.53. The SMILES string of the molecule is C=CCN(CC(=O)NC(C)c1ccc2ccccc2c1)S(=O)(=O)c1cccs1. The topological polar surface area (TPSA) is 66.5 Å². The lowest BCUT2D eigenvalue weighted by molar-refractivity contribution is -0.121. The Morgan fingerprint density at radius 1 is 1.18 bits per heavy atom. The van der Waals surface area contributed by atoms with E-state index in [0.717, 1.165) is 32.0 Å². The Hall–Kier alpha value is -2.48. The number of sulfonamides is 1. The fourth-order valence-electron chi connectivity index (χ4n) is 2.94. The molecule has 0 fully saturated rings. The molecule has 0 saturated carbocycles. The largest absolute Gasteiger partial charge is 0.348 e. The molecular weight excluding hydrogens is 392 g/mol. The average molecular weight is 415 g/mol. The van der Waals surface area contributed by atoms with Gasteiger partial charge in [-0.2, -0.15) is 4.31 Å². The summed E-state index contributed by atoms with van der Waals surface area (Å²) in [6, 6.07) is 17.0. The van der Waals surface area contributed by atoms with Crippen molar-refractivity contribution in [3.63, 3.8) is 0 Å². The Labute approximate surface area is 169 Å². The Bertz CT molecular complexity index is 1080. The van der Waals surface area contributed by atoms with Crippen LogP contribution in [0.1, 0.15) is 18.5 Å². The molecule has 3 aromatic rings. The number of amides is 1. The van der Waals surface area contributed by atoms with E-state index in [1.807, 2.05) is 49.4 Å². The van der Waals surface area contributed by atoms with E-state index in [-0.39, 0.29) is 29.2 Å².